The Morgan fingerprint density at radius 1 is 1.12 bits per heavy atom. The molecule has 8 heteroatoms. The Morgan fingerprint density at radius 3 is 2.28 bits per heavy atom. The number of nitrogen functional groups attached to an aromatic ring is 1. The number of nitrogens with two attached hydrogens (primary N) is 1. The number of aromatic nitrogens is 3. The highest BCUT2D eigenvalue weighted by Gasteiger charge is 2.19. The number of H-pyrrole nitrogens is 1. The summed E-state index contributed by atoms with van der Waals surface area (Å²) in [6, 6.07) is 4.97. The molecule has 0 bridgehead atoms. The zero-order valence-corrected chi connectivity index (χ0v) is 13.3. The first-order chi connectivity index (χ1) is 11.8. The van der Waals surface area contributed by atoms with Crippen LogP contribution in [0.5, 0.6) is 0 Å². The van der Waals surface area contributed by atoms with E-state index in [-0.39, 0.29) is 22.5 Å². The lowest BCUT2D eigenvalue weighted by atomic mass is 9.97. The van der Waals surface area contributed by atoms with Gasteiger partial charge in [-0.1, -0.05) is 0 Å². The number of nitrogens with one attached hydrogen (secondary N) is 1. The maximum Gasteiger partial charge on any atom is 0.194 e. The summed E-state index contributed by atoms with van der Waals surface area (Å²) < 4.78 is 40.4. The first kappa shape index (κ1) is 16.5. The molecule has 2 heterocycles. The van der Waals surface area contributed by atoms with Crippen molar-refractivity contribution in [3.63, 3.8) is 0 Å². The number of aromatic amines is 1. The predicted molar refractivity (Wildman–Crippen MR) is 85.7 cm³/mol. The molecule has 0 aliphatic heterocycles. The molecular formula is C17H12F3N5. The van der Waals surface area contributed by atoms with E-state index in [0.29, 0.717) is 17.0 Å². The third kappa shape index (κ3) is 2.70. The Bertz CT molecular complexity index is 991. The Labute approximate surface area is 140 Å². The molecule has 5 nitrogen and oxygen atoms in total. The molecule has 0 saturated heterocycles. The van der Waals surface area contributed by atoms with Gasteiger partial charge in [-0.3, -0.25) is 5.10 Å². The van der Waals surface area contributed by atoms with Crippen molar-refractivity contribution >= 4 is 5.82 Å². The van der Waals surface area contributed by atoms with Crippen molar-refractivity contribution in [1.29, 1.82) is 5.26 Å². The van der Waals surface area contributed by atoms with Gasteiger partial charge in [0.05, 0.1) is 11.4 Å². The monoisotopic (exact) mass is 343 g/mol. The normalized spacial score (nSPS) is 10.7. The summed E-state index contributed by atoms with van der Waals surface area (Å²) in [5.41, 5.74) is 8.38. The summed E-state index contributed by atoms with van der Waals surface area (Å²) in [4.78, 5) is 4.19. The Balaban J connectivity index is 2.32. The molecule has 0 aliphatic carbocycles. The molecule has 0 unspecified atom stereocenters. The zero-order valence-electron chi connectivity index (χ0n) is 13.3. The number of hydrogen-bond acceptors (Lipinski definition) is 4. The maximum atomic E-state index is 13.6. The van der Waals surface area contributed by atoms with E-state index >= 15 is 0 Å². The lowest BCUT2D eigenvalue weighted by molar-refractivity contribution is 0.447. The fraction of sp³-hybridized carbons (Fsp3) is 0.118. The second kappa shape index (κ2) is 5.94. The average Bonchev–Trinajstić information content (AvgIpc) is 2.90. The summed E-state index contributed by atoms with van der Waals surface area (Å²) in [5.74, 6) is -4.39. The molecule has 1 aromatic carbocycles. The Morgan fingerprint density at radius 2 is 1.76 bits per heavy atom. The topological polar surface area (TPSA) is 91.4 Å². The molecule has 25 heavy (non-hydrogen) atoms. The molecule has 0 radical (unpaired) electrons. The van der Waals surface area contributed by atoms with Crippen molar-refractivity contribution < 1.29 is 13.2 Å². The minimum Gasteiger partial charge on any atom is -0.383 e. The van der Waals surface area contributed by atoms with Gasteiger partial charge in [-0.05, 0) is 37.6 Å². The van der Waals surface area contributed by atoms with Gasteiger partial charge in [0.15, 0.2) is 17.5 Å². The quantitative estimate of drug-likeness (QED) is 0.695. The van der Waals surface area contributed by atoms with E-state index in [0.717, 1.165) is 17.8 Å². The van der Waals surface area contributed by atoms with Gasteiger partial charge < -0.3 is 5.73 Å². The van der Waals surface area contributed by atoms with Gasteiger partial charge in [0.25, 0.3) is 0 Å². The summed E-state index contributed by atoms with van der Waals surface area (Å²) in [6.45, 7) is 3.54. The van der Waals surface area contributed by atoms with E-state index < -0.39 is 17.5 Å². The molecule has 126 valence electrons. The first-order valence-corrected chi connectivity index (χ1v) is 7.21. The van der Waals surface area contributed by atoms with Crippen molar-refractivity contribution in [2.45, 2.75) is 13.8 Å². The van der Waals surface area contributed by atoms with Gasteiger partial charge in [-0.25, -0.2) is 18.2 Å². The first-order valence-electron chi connectivity index (χ1n) is 7.21. The zero-order chi connectivity index (χ0) is 18.3. The van der Waals surface area contributed by atoms with Crippen LogP contribution >= 0.6 is 0 Å². The third-order valence-electron chi connectivity index (χ3n) is 3.84. The van der Waals surface area contributed by atoms with Crippen LogP contribution in [0.3, 0.4) is 0 Å². The minimum atomic E-state index is -1.58. The third-order valence-corrected chi connectivity index (χ3v) is 3.84. The predicted octanol–water partition coefficient (Wildman–Crippen LogP) is 3.63. The lowest BCUT2D eigenvalue weighted by Gasteiger charge is -2.11. The van der Waals surface area contributed by atoms with Crippen LogP contribution in [0.25, 0.3) is 22.4 Å². The molecule has 0 atom stereocenters. The van der Waals surface area contributed by atoms with Crippen molar-refractivity contribution in [3.8, 4) is 28.5 Å². The molecule has 0 saturated carbocycles. The largest absolute Gasteiger partial charge is 0.383 e. The summed E-state index contributed by atoms with van der Waals surface area (Å²) in [7, 11) is 0. The molecule has 3 N–H and O–H groups in total. The van der Waals surface area contributed by atoms with E-state index in [2.05, 4.69) is 15.2 Å². The fourth-order valence-corrected chi connectivity index (χ4v) is 2.68. The van der Waals surface area contributed by atoms with Crippen LogP contribution in [0.2, 0.25) is 0 Å². The summed E-state index contributed by atoms with van der Waals surface area (Å²) in [5, 5.41) is 16.2. The summed E-state index contributed by atoms with van der Waals surface area (Å²) >= 11 is 0. The maximum absolute atomic E-state index is 13.6. The van der Waals surface area contributed by atoms with Gasteiger partial charge in [-0.15, -0.1) is 0 Å². The minimum absolute atomic E-state index is 0.0119. The molecular weight excluding hydrogens is 331 g/mol. The fourth-order valence-electron chi connectivity index (χ4n) is 2.68. The number of halogens is 3. The van der Waals surface area contributed by atoms with E-state index in [4.69, 9.17) is 5.73 Å². The van der Waals surface area contributed by atoms with Gasteiger partial charge in [-0.2, -0.15) is 10.4 Å². The second-order valence-corrected chi connectivity index (χ2v) is 5.49. The van der Waals surface area contributed by atoms with Crippen molar-refractivity contribution in [2.24, 2.45) is 0 Å². The van der Waals surface area contributed by atoms with Crippen LogP contribution in [-0.2, 0) is 0 Å². The highest BCUT2D eigenvalue weighted by atomic mass is 19.2. The number of benzene rings is 1. The summed E-state index contributed by atoms with van der Waals surface area (Å²) in [6.07, 6.45) is 0. The molecule has 2 aromatic heterocycles. The number of nitriles is 1. The Kier molecular flexibility index (Phi) is 3.93. The smallest absolute Gasteiger partial charge is 0.194 e. The molecule has 0 aliphatic rings. The molecule has 3 rings (SSSR count). The van der Waals surface area contributed by atoms with Crippen LogP contribution in [0, 0.1) is 42.6 Å². The number of pyridine rings is 1. The Hall–Kier alpha value is -3.34. The number of rotatable bonds is 2. The number of nitrogens with zero attached hydrogens (tertiary/aromatic N) is 3. The van der Waals surface area contributed by atoms with Crippen molar-refractivity contribution in [2.75, 3.05) is 5.73 Å². The van der Waals surface area contributed by atoms with Crippen molar-refractivity contribution in [1.82, 2.24) is 15.2 Å². The van der Waals surface area contributed by atoms with Crippen LogP contribution < -0.4 is 5.73 Å². The van der Waals surface area contributed by atoms with Crippen molar-refractivity contribution in [3.05, 3.63) is 52.6 Å². The number of anilines is 1. The van der Waals surface area contributed by atoms with Gasteiger partial charge in [0.1, 0.15) is 17.5 Å². The molecule has 0 amide bonds. The highest BCUT2D eigenvalue weighted by Crippen LogP contribution is 2.34. The van der Waals surface area contributed by atoms with E-state index in [9.17, 15) is 18.4 Å². The standard InChI is InChI=1S/C17H12F3N5/c1-7-15(8(2)25-24-7)14-5-10(11(6-21)17(22)23-14)9-3-12(18)16(20)13(19)4-9/h3-5H,1-2H3,(H2,22,23)(H,24,25). The SMILES string of the molecule is Cc1n[nH]c(C)c1-c1cc(-c2cc(F)c(F)c(F)c2)c(C#N)c(N)n1. The van der Waals surface area contributed by atoms with Crippen LogP contribution in [0.15, 0.2) is 18.2 Å². The van der Waals surface area contributed by atoms with Crippen LogP contribution in [0.4, 0.5) is 19.0 Å². The number of aryl methyl sites for hydroxylation is 2. The van der Waals surface area contributed by atoms with Gasteiger partial charge >= 0.3 is 0 Å². The second-order valence-electron chi connectivity index (χ2n) is 5.49. The van der Waals surface area contributed by atoms with E-state index in [1.807, 2.05) is 6.07 Å². The highest BCUT2D eigenvalue weighted by molar-refractivity contribution is 5.81. The van der Waals surface area contributed by atoms with Gasteiger partial charge in [0, 0.05) is 16.8 Å². The average molecular weight is 343 g/mol. The van der Waals surface area contributed by atoms with Gasteiger partial charge in [0.2, 0.25) is 0 Å². The lowest BCUT2D eigenvalue weighted by Crippen LogP contribution is -2.01. The molecule has 0 spiro atoms. The molecule has 3 aromatic rings. The van der Waals surface area contributed by atoms with E-state index in [1.54, 1.807) is 13.8 Å². The van der Waals surface area contributed by atoms with E-state index in [1.165, 1.54) is 6.07 Å². The number of hydrogen-bond donors (Lipinski definition) is 2. The van der Waals surface area contributed by atoms with Crippen LogP contribution in [-0.4, -0.2) is 15.2 Å². The van der Waals surface area contributed by atoms with Crippen LogP contribution in [0.1, 0.15) is 17.0 Å². The molecule has 0 fully saturated rings.